The molecular formula is C11H10O2. The van der Waals surface area contributed by atoms with Crippen molar-refractivity contribution in [2.75, 3.05) is 6.61 Å². The van der Waals surface area contributed by atoms with Crippen LogP contribution >= 0.6 is 0 Å². The van der Waals surface area contributed by atoms with Crippen LogP contribution in [-0.4, -0.2) is 18.5 Å². The highest BCUT2D eigenvalue weighted by Gasteiger charge is 2.45. The van der Waals surface area contributed by atoms with Gasteiger partial charge in [-0.15, -0.1) is 0 Å². The van der Waals surface area contributed by atoms with Gasteiger partial charge in [-0.25, -0.2) is 0 Å². The molecule has 0 radical (unpaired) electrons. The van der Waals surface area contributed by atoms with Crippen molar-refractivity contribution in [3.05, 3.63) is 35.5 Å². The Balaban J connectivity index is 2.21. The highest BCUT2D eigenvalue weighted by Crippen LogP contribution is 2.47. The Bertz CT molecular complexity index is 362. The lowest BCUT2D eigenvalue weighted by Crippen LogP contribution is -2.39. The van der Waals surface area contributed by atoms with Gasteiger partial charge in [0.25, 0.3) is 0 Å². The van der Waals surface area contributed by atoms with Crippen molar-refractivity contribution >= 4 is 6.29 Å². The molecule has 66 valence electrons. The number of hydrogen-bond acceptors (Lipinski definition) is 2. The molecule has 1 aliphatic heterocycles. The van der Waals surface area contributed by atoms with Crippen molar-refractivity contribution in [1.82, 2.24) is 0 Å². The summed E-state index contributed by atoms with van der Waals surface area (Å²) in [6.07, 6.45) is 10.2. The van der Waals surface area contributed by atoms with E-state index in [0.717, 1.165) is 18.3 Å². The Morgan fingerprint density at radius 2 is 2.54 bits per heavy atom. The molecule has 0 saturated carbocycles. The van der Waals surface area contributed by atoms with E-state index in [-0.39, 0.29) is 0 Å². The molecule has 0 aromatic carbocycles. The summed E-state index contributed by atoms with van der Waals surface area (Å²) >= 11 is 0. The second-order valence-electron chi connectivity index (χ2n) is 3.74. The summed E-state index contributed by atoms with van der Waals surface area (Å²) in [5.41, 5.74) is 1.59. The summed E-state index contributed by atoms with van der Waals surface area (Å²) in [6, 6.07) is 0. The molecule has 4 rings (SSSR count). The third kappa shape index (κ3) is 0.742. The number of hydrogen-bond donors (Lipinski definition) is 0. The zero-order chi connectivity index (χ0) is 8.89. The fraction of sp³-hybridized carbons (Fsp3) is 0.364. The smallest absolute Gasteiger partial charge is 0.149 e. The zero-order valence-electron chi connectivity index (χ0n) is 7.19. The third-order valence-corrected chi connectivity index (χ3v) is 3.10. The average molecular weight is 174 g/mol. The first kappa shape index (κ1) is 7.27. The monoisotopic (exact) mass is 174 g/mol. The molecule has 0 N–H and O–H groups in total. The van der Waals surface area contributed by atoms with Crippen molar-refractivity contribution in [2.45, 2.75) is 12.0 Å². The Hall–Kier alpha value is -1.15. The van der Waals surface area contributed by atoms with Crippen molar-refractivity contribution in [1.29, 1.82) is 0 Å². The molecule has 2 nitrogen and oxygen atoms in total. The Morgan fingerprint density at radius 1 is 1.62 bits per heavy atom. The molecule has 0 fully saturated rings. The molecule has 1 spiro atoms. The molecule has 0 aromatic heterocycles. The molecule has 0 aromatic rings. The van der Waals surface area contributed by atoms with Crippen LogP contribution in [0.4, 0.5) is 0 Å². The van der Waals surface area contributed by atoms with Crippen LogP contribution in [0.1, 0.15) is 6.42 Å². The number of ether oxygens (including phenoxy) is 1. The van der Waals surface area contributed by atoms with Crippen molar-refractivity contribution < 1.29 is 9.53 Å². The maximum atomic E-state index is 10.9. The summed E-state index contributed by atoms with van der Waals surface area (Å²) in [6.45, 7) is 0.636. The first-order chi connectivity index (χ1) is 6.35. The van der Waals surface area contributed by atoms with Crippen LogP contribution in [0, 0.1) is 5.92 Å². The highest BCUT2D eigenvalue weighted by atomic mass is 16.5. The van der Waals surface area contributed by atoms with E-state index in [9.17, 15) is 4.79 Å². The number of carbonyl (C=O) groups excluding carboxylic acids is 1. The Kier molecular flexibility index (Phi) is 1.23. The van der Waals surface area contributed by atoms with Gasteiger partial charge in [-0.3, -0.25) is 4.79 Å². The van der Waals surface area contributed by atoms with E-state index in [1.807, 2.05) is 12.2 Å². The minimum absolute atomic E-state index is 0.412. The molecule has 4 aliphatic rings. The molecule has 2 bridgehead atoms. The van der Waals surface area contributed by atoms with Crippen molar-refractivity contribution in [3.63, 3.8) is 0 Å². The van der Waals surface area contributed by atoms with Gasteiger partial charge >= 0.3 is 0 Å². The largest absolute Gasteiger partial charge is 0.358 e. The van der Waals surface area contributed by atoms with Crippen LogP contribution in [0.2, 0.25) is 0 Å². The van der Waals surface area contributed by atoms with E-state index >= 15 is 0 Å². The van der Waals surface area contributed by atoms with E-state index in [1.165, 1.54) is 5.57 Å². The van der Waals surface area contributed by atoms with E-state index in [1.54, 1.807) is 0 Å². The predicted octanol–water partition coefficient (Wildman–Crippen LogP) is 1.40. The van der Waals surface area contributed by atoms with Gasteiger partial charge in [-0.2, -0.15) is 0 Å². The average Bonchev–Trinajstić information content (AvgIpc) is 2.60. The quantitative estimate of drug-likeness (QED) is 0.443. The van der Waals surface area contributed by atoms with Crippen LogP contribution in [0.15, 0.2) is 35.5 Å². The predicted molar refractivity (Wildman–Crippen MR) is 48.2 cm³/mol. The number of allylic oxidation sites excluding steroid dienone is 2. The molecular weight excluding hydrogens is 164 g/mol. The Morgan fingerprint density at radius 3 is 3.38 bits per heavy atom. The summed E-state index contributed by atoms with van der Waals surface area (Å²) in [7, 11) is 0. The van der Waals surface area contributed by atoms with E-state index in [2.05, 4.69) is 12.2 Å². The molecule has 2 atom stereocenters. The summed E-state index contributed by atoms with van der Waals surface area (Å²) in [5.74, 6) is 0.412. The molecule has 3 aliphatic carbocycles. The van der Waals surface area contributed by atoms with Gasteiger partial charge in [-0.1, -0.05) is 18.2 Å². The molecule has 1 heterocycles. The lowest BCUT2D eigenvalue weighted by molar-refractivity contribution is -0.106. The fourth-order valence-corrected chi connectivity index (χ4v) is 2.45. The first-order valence-electron chi connectivity index (χ1n) is 4.55. The number of aldehydes is 1. The van der Waals surface area contributed by atoms with Gasteiger partial charge in [0.05, 0.1) is 6.61 Å². The molecule has 2 heteroatoms. The van der Waals surface area contributed by atoms with Gasteiger partial charge in [0.1, 0.15) is 11.9 Å². The lowest BCUT2D eigenvalue weighted by Gasteiger charge is -2.38. The van der Waals surface area contributed by atoms with Crippen LogP contribution in [-0.2, 0) is 9.53 Å². The second-order valence-corrected chi connectivity index (χ2v) is 3.74. The molecule has 2 unspecified atom stereocenters. The van der Waals surface area contributed by atoms with Crippen LogP contribution in [0.3, 0.4) is 0 Å². The van der Waals surface area contributed by atoms with Crippen LogP contribution in [0.25, 0.3) is 0 Å². The maximum Gasteiger partial charge on any atom is 0.149 e. The van der Waals surface area contributed by atoms with Gasteiger partial charge in [-0.05, 0) is 24.0 Å². The SMILES string of the molecule is O=CC1=CC2C=CC13OCC=C3C2. The van der Waals surface area contributed by atoms with E-state index < -0.39 is 5.60 Å². The maximum absolute atomic E-state index is 10.9. The number of carbonyl (C=O) groups is 1. The van der Waals surface area contributed by atoms with E-state index in [0.29, 0.717) is 12.5 Å². The normalized spacial score (nSPS) is 39.8. The lowest BCUT2D eigenvalue weighted by atomic mass is 9.71. The number of rotatable bonds is 1. The third-order valence-electron chi connectivity index (χ3n) is 3.10. The topological polar surface area (TPSA) is 26.3 Å². The molecule has 13 heavy (non-hydrogen) atoms. The zero-order valence-corrected chi connectivity index (χ0v) is 7.19. The van der Waals surface area contributed by atoms with Gasteiger partial charge in [0, 0.05) is 5.57 Å². The highest BCUT2D eigenvalue weighted by molar-refractivity contribution is 5.82. The summed E-state index contributed by atoms with van der Waals surface area (Å²) in [4.78, 5) is 10.9. The Labute approximate surface area is 76.6 Å². The first-order valence-corrected chi connectivity index (χ1v) is 4.55. The van der Waals surface area contributed by atoms with Crippen LogP contribution < -0.4 is 0 Å². The minimum Gasteiger partial charge on any atom is -0.358 e. The fourth-order valence-electron chi connectivity index (χ4n) is 2.45. The van der Waals surface area contributed by atoms with Crippen molar-refractivity contribution in [2.24, 2.45) is 5.92 Å². The molecule has 0 amide bonds. The van der Waals surface area contributed by atoms with Gasteiger partial charge in [0.2, 0.25) is 0 Å². The van der Waals surface area contributed by atoms with Crippen LogP contribution in [0.5, 0.6) is 0 Å². The minimum atomic E-state index is -0.462. The van der Waals surface area contributed by atoms with Crippen molar-refractivity contribution in [3.8, 4) is 0 Å². The summed E-state index contributed by atoms with van der Waals surface area (Å²) < 4.78 is 5.66. The molecule has 0 saturated heterocycles. The standard InChI is InChI=1S/C11H10O2/c12-7-10-6-8-1-3-11(10)9(5-8)2-4-13-11/h1-3,6-8H,4-5H2. The van der Waals surface area contributed by atoms with Gasteiger partial charge in [0.15, 0.2) is 0 Å². The summed E-state index contributed by atoms with van der Waals surface area (Å²) in [5, 5.41) is 0. The van der Waals surface area contributed by atoms with E-state index in [4.69, 9.17) is 4.74 Å². The van der Waals surface area contributed by atoms with Gasteiger partial charge < -0.3 is 4.74 Å². The second kappa shape index (κ2) is 2.20.